The van der Waals surface area contributed by atoms with E-state index in [1.807, 2.05) is 0 Å². The van der Waals surface area contributed by atoms with Gasteiger partial charge in [0.1, 0.15) is 11.9 Å². The van der Waals surface area contributed by atoms with Crippen molar-refractivity contribution < 1.29 is 14.0 Å². The number of likely N-dealkylation sites (tertiary alicyclic amines) is 1. The number of amides is 2. The number of nitrogens with one attached hydrogen (secondary N) is 1. The van der Waals surface area contributed by atoms with Crippen LogP contribution in [0.25, 0.3) is 0 Å². The highest BCUT2D eigenvalue weighted by Gasteiger charge is 2.37. The molecule has 2 amide bonds. The number of nitrogens with zero attached hydrogens (tertiary/aromatic N) is 1. The lowest BCUT2D eigenvalue weighted by Crippen LogP contribution is -2.46. The van der Waals surface area contributed by atoms with Crippen molar-refractivity contribution in [3.8, 4) is 0 Å². The van der Waals surface area contributed by atoms with Gasteiger partial charge in [-0.15, -0.1) is 0 Å². The van der Waals surface area contributed by atoms with Crippen molar-refractivity contribution in [3.05, 3.63) is 34.1 Å². The van der Waals surface area contributed by atoms with Crippen LogP contribution in [0.1, 0.15) is 36.0 Å². The van der Waals surface area contributed by atoms with E-state index < -0.39 is 11.9 Å². The molecular formula is C15H16BrFN2O2. The van der Waals surface area contributed by atoms with Gasteiger partial charge in [0.15, 0.2) is 0 Å². The lowest BCUT2D eigenvalue weighted by atomic mass is 10.1. The summed E-state index contributed by atoms with van der Waals surface area (Å²) in [6.45, 7) is 0.561. The maximum absolute atomic E-state index is 13.1. The van der Waals surface area contributed by atoms with Gasteiger partial charge < -0.3 is 10.2 Å². The molecule has 0 bridgehead atoms. The zero-order chi connectivity index (χ0) is 15.0. The molecule has 1 heterocycles. The molecule has 21 heavy (non-hydrogen) atoms. The predicted octanol–water partition coefficient (Wildman–Crippen LogP) is 2.47. The number of hydrogen-bond donors (Lipinski definition) is 1. The number of carbonyl (C=O) groups is 2. The highest BCUT2D eigenvalue weighted by Crippen LogP contribution is 2.26. The lowest BCUT2D eigenvalue weighted by Gasteiger charge is -2.24. The van der Waals surface area contributed by atoms with Gasteiger partial charge in [-0.1, -0.05) is 0 Å². The van der Waals surface area contributed by atoms with Gasteiger partial charge in [0.25, 0.3) is 5.91 Å². The Morgan fingerprint density at radius 1 is 1.29 bits per heavy atom. The van der Waals surface area contributed by atoms with Gasteiger partial charge in [-0.05, 0) is 59.8 Å². The average Bonchev–Trinajstić information content (AvgIpc) is 3.11. The zero-order valence-corrected chi connectivity index (χ0v) is 13.0. The first-order valence-corrected chi connectivity index (χ1v) is 7.92. The normalized spacial score (nSPS) is 21.4. The number of benzene rings is 1. The van der Waals surface area contributed by atoms with E-state index in [9.17, 15) is 14.0 Å². The Hall–Kier alpha value is -1.43. The second-order valence-corrected chi connectivity index (χ2v) is 6.42. The molecule has 1 saturated heterocycles. The SMILES string of the molecule is O=C(NC1CC1)C1CCCN1C(=O)c1ccc(F)cc1Br. The molecule has 0 aromatic heterocycles. The Labute approximate surface area is 130 Å². The summed E-state index contributed by atoms with van der Waals surface area (Å²) >= 11 is 3.21. The molecule has 3 rings (SSSR count). The number of hydrogen-bond acceptors (Lipinski definition) is 2. The second kappa shape index (κ2) is 5.75. The van der Waals surface area contributed by atoms with Gasteiger partial charge in [0.2, 0.25) is 5.91 Å². The molecule has 112 valence electrons. The van der Waals surface area contributed by atoms with Crippen molar-refractivity contribution in [1.29, 1.82) is 0 Å². The summed E-state index contributed by atoms with van der Waals surface area (Å²) < 4.78 is 13.5. The van der Waals surface area contributed by atoms with Crippen molar-refractivity contribution in [2.24, 2.45) is 0 Å². The number of halogens is 2. The first-order valence-electron chi connectivity index (χ1n) is 7.12. The summed E-state index contributed by atoms with van der Waals surface area (Å²) in [5.41, 5.74) is 0.391. The Kier molecular flexibility index (Phi) is 3.97. The zero-order valence-electron chi connectivity index (χ0n) is 11.4. The third-order valence-electron chi connectivity index (χ3n) is 3.90. The maximum Gasteiger partial charge on any atom is 0.255 e. The number of carbonyl (C=O) groups excluding carboxylic acids is 2. The largest absolute Gasteiger partial charge is 0.352 e. The Morgan fingerprint density at radius 2 is 2.05 bits per heavy atom. The molecule has 2 fully saturated rings. The minimum absolute atomic E-state index is 0.0680. The fraction of sp³-hybridized carbons (Fsp3) is 0.467. The average molecular weight is 355 g/mol. The molecule has 1 aromatic carbocycles. The Morgan fingerprint density at radius 3 is 2.71 bits per heavy atom. The van der Waals surface area contributed by atoms with Crippen LogP contribution in [0.4, 0.5) is 4.39 Å². The minimum Gasteiger partial charge on any atom is -0.352 e. The highest BCUT2D eigenvalue weighted by molar-refractivity contribution is 9.10. The van der Waals surface area contributed by atoms with E-state index in [2.05, 4.69) is 21.2 Å². The molecule has 1 aliphatic heterocycles. The molecule has 0 spiro atoms. The second-order valence-electron chi connectivity index (χ2n) is 5.56. The van der Waals surface area contributed by atoms with Crippen molar-refractivity contribution in [3.63, 3.8) is 0 Å². The molecular weight excluding hydrogens is 339 g/mol. The topological polar surface area (TPSA) is 49.4 Å². The van der Waals surface area contributed by atoms with Gasteiger partial charge in [-0.25, -0.2) is 4.39 Å². The van der Waals surface area contributed by atoms with Crippen molar-refractivity contribution in [2.45, 2.75) is 37.8 Å². The standard InChI is InChI=1S/C15H16BrFN2O2/c16-12-8-9(17)3-6-11(12)15(21)19-7-1-2-13(19)14(20)18-10-4-5-10/h3,6,8,10,13H,1-2,4-5,7H2,(H,18,20). The molecule has 6 heteroatoms. The third-order valence-corrected chi connectivity index (χ3v) is 4.56. The quantitative estimate of drug-likeness (QED) is 0.906. The summed E-state index contributed by atoms with van der Waals surface area (Å²) in [7, 11) is 0. The van der Waals surface area contributed by atoms with Gasteiger partial charge in [-0.3, -0.25) is 9.59 Å². The predicted molar refractivity (Wildman–Crippen MR) is 79.3 cm³/mol. The summed E-state index contributed by atoms with van der Waals surface area (Å²) in [4.78, 5) is 26.4. The van der Waals surface area contributed by atoms with E-state index in [1.54, 1.807) is 4.90 Å². The molecule has 0 radical (unpaired) electrons. The fourth-order valence-corrected chi connectivity index (χ4v) is 3.15. The Bertz CT molecular complexity index is 589. The third kappa shape index (κ3) is 3.10. The monoisotopic (exact) mass is 354 g/mol. The van der Waals surface area contributed by atoms with Crippen LogP contribution in [-0.4, -0.2) is 35.3 Å². The van der Waals surface area contributed by atoms with E-state index in [0.717, 1.165) is 19.3 Å². The van der Waals surface area contributed by atoms with E-state index in [1.165, 1.54) is 18.2 Å². The molecule has 4 nitrogen and oxygen atoms in total. The van der Waals surface area contributed by atoms with Crippen molar-refractivity contribution >= 4 is 27.7 Å². The molecule has 1 N–H and O–H groups in total. The van der Waals surface area contributed by atoms with Crippen LogP contribution in [-0.2, 0) is 4.79 Å². The minimum atomic E-state index is -0.407. The molecule has 1 atom stereocenters. The van der Waals surface area contributed by atoms with Crippen molar-refractivity contribution in [1.82, 2.24) is 10.2 Å². The summed E-state index contributed by atoms with van der Waals surface area (Å²) in [6, 6.07) is 3.86. The van der Waals surface area contributed by atoms with Gasteiger partial charge >= 0.3 is 0 Å². The van der Waals surface area contributed by atoms with Gasteiger partial charge in [-0.2, -0.15) is 0 Å². The molecule has 1 aliphatic carbocycles. The maximum atomic E-state index is 13.1. The summed E-state index contributed by atoms with van der Waals surface area (Å²) in [5.74, 6) is -0.695. The molecule has 1 saturated carbocycles. The van der Waals surface area contributed by atoms with Crippen LogP contribution >= 0.6 is 15.9 Å². The van der Waals surface area contributed by atoms with Crippen LogP contribution in [0.5, 0.6) is 0 Å². The number of rotatable bonds is 3. The highest BCUT2D eigenvalue weighted by atomic mass is 79.9. The first kappa shape index (κ1) is 14.5. The molecule has 1 aromatic rings. The van der Waals surface area contributed by atoms with E-state index in [-0.39, 0.29) is 17.9 Å². The first-order chi connectivity index (χ1) is 10.1. The van der Waals surface area contributed by atoms with Gasteiger partial charge in [0, 0.05) is 17.1 Å². The van der Waals surface area contributed by atoms with Gasteiger partial charge in [0.05, 0.1) is 5.56 Å². The smallest absolute Gasteiger partial charge is 0.255 e. The summed E-state index contributed by atoms with van der Waals surface area (Å²) in [6.07, 6.45) is 3.54. The van der Waals surface area contributed by atoms with E-state index >= 15 is 0 Å². The van der Waals surface area contributed by atoms with E-state index in [4.69, 9.17) is 0 Å². The van der Waals surface area contributed by atoms with Crippen molar-refractivity contribution in [2.75, 3.05) is 6.54 Å². The van der Waals surface area contributed by atoms with Crippen LogP contribution in [0.15, 0.2) is 22.7 Å². The van der Waals surface area contributed by atoms with E-state index in [0.29, 0.717) is 23.0 Å². The van der Waals surface area contributed by atoms with Crippen LogP contribution in [0.2, 0.25) is 0 Å². The lowest BCUT2D eigenvalue weighted by molar-refractivity contribution is -0.125. The van der Waals surface area contributed by atoms with Crippen LogP contribution in [0, 0.1) is 5.82 Å². The molecule has 2 aliphatic rings. The summed E-state index contributed by atoms with van der Waals surface area (Å²) in [5, 5.41) is 2.95. The molecule has 1 unspecified atom stereocenters. The Balaban J connectivity index is 1.77. The fourth-order valence-electron chi connectivity index (χ4n) is 2.63. The van der Waals surface area contributed by atoms with Crippen LogP contribution in [0.3, 0.4) is 0 Å². The van der Waals surface area contributed by atoms with Crippen LogP contribution < -0.4 is 5.32 Å².